The van der Waals surface area contributed by atoms with Crippen molar-refractivity contribution in [1.82, 2.24) is 0 Å². The maximum absolute atomic E-state index is 12.3. The highest BCUT2D eigenvalue weighted by molar-refractivity contribution is 5.93. The first-order valence-electron chi connectivity index (χ1n) is 5.76. The summed E-state index contributed by atoms with van der Waals surface area (Å²) >= 11 is 0. The summed E-state index contributed by atoms with van der Waals surface area (Å²) in [7, 11) is 0. The second-order valence-corrected chi connectivity index (χ2v) is 4.13. The van der Waals surface area contributed by atoms with Gasteiger partial charge in [0.05, 0.1) is 6.33 Å². The maximum atomic E-state index is 12.3. The topological polar surface area (TPSA) is 64.3 Å². The molecule has 1 amide bonds. The molecule has 0 aliphatic carbocycles. The van der Waals surface area contributed by atoms with E-state index < -0.39 is 0 Å². The minimum Gasteiger partial charge on any atom is -0.489 e. The van der Waals surface area contributed by atoms with Crippen LogP contribution >= 0.6 is 12.4 Å². The number of nitrogens with one attached hydrogen (secondary N) is 1. The Hall–Kier alpha value is -1.59. The van der Waals surface area contributed by atoms with Crippen molar-refractivity contribution in [3.05, 3.63) is 35.7 Å². The number of halogens is 2. The van der Waals surface area contributed by atoms with E-state index in [9.17, 15) is 9.18 Å². The highest BCUT2D eigenvalue weighted by Gasteiger charge is 2.14. The normalized spacial score (nSPS) is 14.2. The number of anilines is 1. The Morgan fingerprint density at radius 3 is 2.95 bits per heavy atom. The van der Waals surface area contributed by atoms with Crippen molar-refractivity contribution in [2.24, 2.45) is 5.73 Å². The van der Waals surface area contributed by atoms with E-state index in [0.29, 0.717) is 30.5 Å². The first kappa shape index (κ1) is 15.5. The van der Waals surface area contributed by atoms with Crippen molar-refractivity contribution in [1.29, 1.82) is 0 Å². The fraction of sp³-hybridized carbons (Fsp3) is 0.308. The van der Waals surface area contributed by atoms with E-state index in [1.165, 1.54) is 0 Å². The van der Waals surface area contributed by atoms with Gasteiger partial charge in [-0.1, -0.05) is 0 Å². The summed E-state index contributed by atoms with van der Waals surface area (Å²) in [6, 6.07) is 5.40. The zero-order chi connectivity index (χ0) is 13.0. The molecule has 0 radical (unpaired) electrons. The molecule has 1 aromatic carbocycles. The molecule has 0 spiro atoms. The van der Waals surface area contributed by atoms with E-state index in [-0.39, 0.29) is 31.5 Å². The molecule has 0 atom stereocenters. The van der Waals surface area contributed by atoms with Crippen LogP contribution in [-0.4, -0.2) is 19.1 Å². The van der Waals surface area contributed by atoms with Crippen LogP contribution < -0.4 is 15.8 Å². The lowest BCUT2D eigenvalue weighted by Gasteiger charge is -2.17. The van der Waals surface area contributed by atoms with Gasteiger partial charge in [-0.2, -0.15) is 0 Å². The zero-order valence-corrected chi connectivity index (χ0v) is 11.1. The molecule has 1 heterocycles. The number of ether oxygens (including phenoxy) is 1. The highest BCUT2D eigenvalue weighted by atomic mass is 35.5. The summed E-state index contributed by atoms with van der Waals surface area (Å²) in [6.07, 6.45) is 1.65. The van der Waals surface area contributed by atoms with Crippen molar-refractivity contribution >= 4 is 24.0 Å². The molecule has 19 heavy (non-hydrogen) atoms. The lowest BCUT2D eigenvalue weighted by Crippen LogP contribution is -2.19. The minimum atomic E-state index is 0. The summed E-state index contributed by atoms with van der Waals surface area (Å²) in [5.74, 6) is 0.680. The molecule has 2 rings (SSSR count). The Kier molecular flexibility index (Phi) is 5.79. The molecular formula is C13H16ClFN2O2. The molecule has 0 saturated carbocycles. The lowest BCUT2D eigenvalue weighted by atomic mass is 10.0. The van der Waals surface area contributed by atoms with Gasteiger partial charge in [0.1, 0.15) is 12.4 Å². The van der Waals surface area contributed by atoms with Crippen LogP contribution in [0.1, 0.15) is 12.0 Å². The van der Waals surface area contributed by atoms with Gasteiger partial charge in [-0.15, -0.1) is 12.4 Å². The summed E-state index contributed by atoms with van der Waals surface area (Å²) in [4.78, 5) is 11.2. The number of benzene rings is 1. The van der Waals surface area contributed by atoms with Crippen molar-refractivity contribution in [3.8, 4) is 5.75 Å². The summed E-state index contributed by atoms with van der Waals surface area (Å²) in [5.41, 5.74) is 7.59. The van der Waals surface area contributed by atoms with Gasteiger partial charge in [-0.25, -0.2) is 4.39 Å². The summed E-state index contributed by atoms with van der Waals surface area (Å²) in [5, 5.41) is 2.79. The molecule has 0 fully saturated rings. The van der Waals surface area contributed by atoms with Crippen LogP contribution in [0.15, 0.2) is 30.1 Å². The number of aryl methyl sites for hydroxylation is 1. The van der Waals surface area contributed by atoms with Gasteiger partial charge in [0.2, 0.25) is 5.91 Å². The van der Waals surface area contributed by atoms with Crippen molar-refractivity contribution < 1.29 is 13.9 Å². The van der Waals surface area contributed by atoms with Gasteiger partial charge in [0, 0.05) is 24.2 Å². The zero-order valence-electron chi connectivity index (χ0n) is 10.3. The SMILES string of the molecule is Cl.NC/C(=C/F)COc1ccc2c(c1)CCC(=O)N2. The Labute approximate surface area is 117 Å². The van der Waals surface area contributed by atoms with Crippen molar-refractivity contribution in [2.75, 3.05) is 18.5 Å². The molecular weight excluding hydrogens is 271 g/mol. The van der Waals surface area contributed by atoms with E-state index in [2.05, 4.69) is 5.32 Å². The number of fused-ring (bicyclic) bond motifs is 1. The number of amides is 1. The quantitative estimate of drug-likeness (QED) is 0.892. The van der Waals surface area contributed by atoms with Crippen LogP contribution in [-0.2, 0) is 11.2 Å². The smallest absolute Gasteiger partial charge is 0.224 e. The van der Waals surface area contributed by atoms with Crippen LogP contribution in [0.3, 0.4) is 0 Å². The van der Waals surface area contributed by atoms with E-state index >= 15 is 0 Å². The molecule has 104 valence electrons. The lowest BCUT2D eigenvalue weighted by molar-refractivity contribution is -0.116. The first-order valence-corrected chi connectivity index (χ1v) is 5.76. The van der Waals surface area contributed by atoms with Crippen molar-refractivity contribution in [2.45, 2.75) is 12.8 Å². The van der Waals surface area contributed by atoms with Gasteiger partial charge in [-0.05, 0) is 30.2 Å². The number of carbonyl (C=O) groups is 1. The van der Waals surface area contributed by atoms with E-state index in [4.69, 9.17) is 10.5 Å². The minimum absolute atomic E-state index is 0. The highest BCUT2D eigenvalue weighted by Crippen LogP contribution is 2.26. The third-order valence-electron chi connectivity index (χ3n) is 2.81. The maximum Gasteiger partial charge on any atom is 0.224 e. The van der Waals surface area contributed by atoms with E-state index in [1.54, 1.807) is 12.1 Å². The molecule has 0 bridgehead atoms. The third kappa shape index (κ3) is 3.94. The molecule has 0 aromatic heterocycles. The number of hydrogen-bond donors (Lipinski definition) is 2. The first-order chi connectivity index (χ1) is 8.72. The van der Waals surface area contributed by atoms with Crippen LogP contribution in [0, 0.1) is 0 Å². The third-order valence-corrected chi connectivity index (χ3v) is 2.81. The molecule has 1 aliphatic heterocycles. The van der Waals surface area contributed by atoms with Gasteiger partial charge in [0.25, 0.3) is 0 Å². The fourth-order valence-electron chi connectivity index (χ4n) is 1.76. The van der Waals surface area contributed by atoms with Gasteiger partial charge in [0.15, 0.2) is 0 Å². The standard InChI is InChI=1S/C13H15FN2O2.ClH/c14-6-9(7-15)8-18-11-2-3-12-10(5-11)1-4-13(17)16-12;/h2-3,5-6H,1,4,7-8,15H2,(H,16,17);1H/b9-6-;. The van der Waals surface area contributed by atoms with Crippen LogP contribution in [0.2, 0.25) is 0 Å². The molecule has 4 nitrogen and oxygen atoms in total. The predicted octanol–water partition coefficient (Wildman–Crippen LogP) is 2.18. The Bertz CT molecular complexity index is 492. The van der Waals surface area contributed by atoms with Crippen LogP contribution in [0.25, 0.3) is 0 Å². The van der Waals surface area contributed by atoms with Crippen molar-refractivity contribution in [3.63, 3.8) is 0 Å². The van der Waals surface area contributed by atoms with Gasteiger partial charge >= 0.3 is 0 Å². The number of nitrogens with two attached hydrogens (primary N) is 1. The monoisotopic (exact) mass is 286 g/mol. The van der Waals surface area contributed by atoms with Crippen LogP contribution in [0.5, 0.6) is 5.75 Å². The summed E-state index contributed by atoms with van der Waals surface area (Å²) < 4.78 is 17.7. The Balaban J connectivity index is 0.00000180. The Morgan fingerprint density at radius 1 is 1.47 bits per heavy atom. The Morgan fingerprint density at radius 2 is 2.26 bits per heavy atom. The second kappa shape index (κ2) is 7.11. The average Bonchev–Trinajstić information content (AvgIpc) is 2.40. The molecule has 1 aliphatic rings. The van der Waals surface area contributed by atoms with Crippen LogP contribution in [0.4, 0.5) is 10.1 Å². The van der Waals surface area contributed by atoms with Gasteiger partial charge < -0.3 is 15.8 Å². The van der Waals surface area contributed by atoms with Gasteiger partial charge in [-0.3, -0.25) is 4.79 Å². The summed E-state index contributed by atoms with van der Waals surface area (Å²) in [6.45, 7) is 0.273. The molecule has 1 aromatic rings. The second-order valence-electron chi connectivity index (χ2n) is 4.13. The molecule has 3 N–H and O–H groups in total. The molecule has 0 unspecified atom stereocenters. The number of hydrogen-bond acceptors (Lipinski definition) is 3. The van der Waals surface area contributed by atoms with E-state index in [0.717, 1.165) is 11.3 Å². The number of carbonyl (C=O) groups excluding carboxylic acids is 1. The van der Waals surface area contributed by atoms with E-state index in [1.807, 2.05) is 6.07 Å². The number of rotatable bonds is 4. The molecule has 6 heteroatoms. The predicted molar refractivity (Wildman–Crippen MR) is 74.4 cm³/mol. The fourth-order valence-corrected chi connectivity index (χ4v) is 1.76. The largest absolute Gasteiger partial charge is 0.489 e. The average molecular weight is 287 g/mol. The molecule has 0 saturated heterocycles.